The molecule has 0 aliphatic carbocycles. The fourth-order valence-corrected chi connectivity index (χ4v) is 2.04. The second-order valence-corrected chi connectivity index (χ2v) is 4.98. The van der Waals surface area contributed by atoms with Gasteiger partial charge in [-0.1, -0.05) is 18.2 Å². The fourth-order valence-electron chi connectivity index (χ4n) is 2.04. The predicted octanol–water partition coefficient (Wildman–Crippen LogP) is 1.10. The van der Waals surface area contributed by atoms with Crippen LogP contribution in [0.25, 0.3) is 11.3 Å². The van der Waals surface area contributed by atoms with Crippen LogP contribution in [0.4, 0.5) is 0 Å². The van der Waals surface area contributed by atoms with Crippen molar-refractivity contribution in [2.45, 2.75) is 19.1 Å². The molecule has 1 aromatic carbocycles. The molecule has 1 heterocycles. The molecule has 0 saturated carbocycles. The first-order chi connectivity index (χ1) is 11.4. The van der Waals surface area contributed by atoms with Gasteiger partial charge in [-0.15, -0.1) is 0 Å². The maximum atomic E-state index is 12.0. The number of hydrogen-bond donors (Lipinski definition) is 4. The Morgan fingerprint density at radius 2 is 1.88 bits per heavy atom. The Morgan fingerprint density at radius 3 is 2.50 bits per heavy atom. The third-order valence-electron chi connectivity index (χ3n) is 3.21. The van der Waals surface area contributed by atoms with Gasteiger partial charge in [-0.25, -0.2) is 4.79 Å². The Morgan fingerprint density at radius 1 is 1.12 bits per heavy atom. The molecule has 1 amide bonds. The van der Waals surface area contributed by atoms with Gasteiger partial charge in [0.05, 0.1) is 13.0 Å². The van der Waals surface area contributed by atoms with Crippen molar-refractivity contribution in [1.82, 2.24) is 5.32 Å². The van der Waals surface area contributed by atoms with Crippen LogP contribution in [0, 0.1) is 0 Å². The highest BCUT2D eigenvalue weighted by Crippen LogP contribution is 2.23. The second-order valence-electron chi connectivity index (χ2n) is 4.98. The minimum Gasteiger partial charge on any atom is -0.481 e. The van der Waals surface area contributed by atoms with Crippen LogP contribution in [0.5, 0.6) is 0 Å². The summed E-state index contributed by atoms with van der Waals surface area (Å²) in [5.41, 5.74) is 1.31. The van der Waals surface area contributed by atoms with E-state index in [2.05, 4.69) is 5.32 Å². The summed E-state index contributed by atoms with van der Waals surface area (Å²) in [6.07, 6.45) is -0.743. The highest BCUT2D eigenvalue weighted by Gasteiger charge is 2.25. The van der Waals surface area contributed by atoms with E-state index in [9.17, 15) is 14.4 Å². The van der Waals surface area contributed by atoms with Gasteiger partial charge >= 0.3 is 11.9 Å². The quantitative estimate of drug-likeness (QED) is 0.595. The lowest BCUT2D eigenvalue weighted by atomic mass is 10.1. The number of carbonyl (C=O) groups is 3. The van der Waals surface area contributed by atoms with Gasteiger partial charge in [0.25, 0.3) is 5.91 Å². The van der Waals surface area contributed by atoms with Crippen molar-refractivity contribution in [3.8, 4) is 11.3 Å². The highest BCUT2D eigenvalue weighted by molar-refractivity contribution is 5.95. The summed E-state index contributed by atoms with van der Waals surface area (Å²) in [6.45, 7) is -0.141. The van der Waals surface area contributed by atoms with E-state index in [1.807, 2.05) is 0 Å². The molecule has 126 valence electrons. The van der Waals surface area contributed by atoms with Crippen molar-refractivity contribution in [1.29, 1.82) is 0 Å². The smallest absolute Gasteiger partial charge is 0.326 e. The zero-order valence-corrected chi connectivity index (χ0v) is 12.4. The summed E-state index contributed by atoms with van der Waals surface area (Å²) in [5, 5.41) is 28.8. The maximum absolute atomic E-state index is 12.0. The lowest BCUT2D eigenvalue weighted by Gasteiger charge is -2.10. The first-order valence-corrected chi connectivity index (χ1v) is 6.96. The summed E-state index contributed by atoms with van der Waals surface area (Å²) in [5.74, 6) is -3.40. The van der Waals surface area contributed by atoms with E-state index >= 15 is 0 Å². The monoisotopic (exact) mass is 333 g/mol. The molecule has 0 fully saturated rings. The molecule has 24 heavy (non-hydrogen) atoms. The van der Waals surface area contributed by atoms with Crippen molar-refractivity contribution in [2.24, 2.45) is 0 Å². The molecule has 0 radical (unpaired) electrons. The summed E-state index contributed by atoms with van der Waals surface area (Å²) in [7, 11) is 0. The van der Waals surface area contributed by atoms with E-state index in [1.165, 1.54) is 12.1 Å². The molecule has 0 spiro atoms. The molecule has 1 aromatic heterocycles. The number of aliphatic carboxylic acids is 2. The Balaban J connectivity index is 2.15. The average molecular weight is 333 g/mol. The van der Waals surface area contributed by atoms with E-state index < -0.39 is 30.3 Å². The number of nitrogens with one attached hydrogen (secondary N) is 1. The van der Waals surface area contributed by atoms with Crippen molar-refractivity contribution >= 4 is 17.8 Å². The van der Waals surface area contributed by atoms with Crippen LogP contribution < -0.4 is 5.32 Å². The number of amides is 1. The third-order valence-corrected chi connectivity index (χ3v) is 3.21. The van der Waals surface area contributed by atoms with Gasteiger partial charge in [0.15, 0.2) is 5.76 Å². The van der Waals surface area contributed by atoms with Crippen molar-refractivity contribution in [3.63, 3.8) is 0 Å². The molecular formula is C16H15NO7. The molecule has 2 aromatic rings. The molecule has 0 unspecified atom stereocenters. The zero-order valence-electron chi connectivity index (χ0n) is 12.4. The Labute approximate surface area is 136 Å². The van der Waals surface area contributed by atoms with Crippen LogP contribution in [-0.2, 0) is 16.2 Å². The SMILES string of the molecule is O=C(O)C[C@H](NC(=O)c1ccc(-c2cccc(CO)c2)o1)C(=O)O. The van der Waals surface area contributed by atoms with Gasteiger partial charge in [-0.05, 0) is 23.8 Å². The number of rotatable bonds is 7. The minimum absolute atomic E-state index is 0.141. The van der Waals surface area contributed by atoms with Gasteiger partial charge in [-0.2, -0.15) is 0 Å². The zero-order chi connectivity index (χ0) is 17.7. The number of benzene rings is 1. The average Bonchev–Trinajstić information content (AvgIpc) is 3.04. The Bertz CT molecular complexity index is 765. The lowest BCUT2D eigenvalue weighted by Crippen LogP contribution is -2.42. The molecule has 1 atom stereocenters. The maximum Gasteiger partial charge on any atom is 0.326 e. The number of carbonyl (C=O) groups excluding carboxylic acids is 1. The normalized spacial score (nSPS) is 11.7. The van der Waals surface area contributed by atoms with Gasteiger partial charge in [0.1, 0.15) is 11.8 Å². The topological polar surface area (TPSA) is 137 Å². The lowest BCUT2D eigenvalue weighted by molar-refractivity contribution is -0.145. The van der Waals surface area contributed by atoms with E-state index in [1.54, 1.807) is 24.3 Å². The summed E-state index contributed by atoms with van der Waals surface area (Å²) < 4.78 is 5.38. The molecule has 0 aliphatic heterocycles. The van der Waals surface area contributed by atoms with Crippen LogP contribution >= 0.6 is 0 Å². The van der Waals surface area contributed by atoms with E-state index in [-0.39, 0.29) is 12.4 Å². The number of aliphatic hydroxyl groups is 1. The number of furan rings is 1. The van der Waals surface area contributed by atoms with Crippen LogP contribution in [-0.4, -0.2) is 39.2 Å². The van der Waals surface area contributed by atoms with Gasteiger partial charge < -0.3 is 25.1 Å². The molecule has 4 N–H and O–H groups in total. The highest BCUT2D eigenvalue weighted by atomic mass is 16.4. The minimum atomic E-state index is -1.55. The molecule has 0 saturated heterocycles. The number of aliphatic hydroxyl groups excluding tert-OH is 1. The van der Waals surface area contributed by atoms with Crippen molar-refractivity contribution in [2.75, 3.05) is 0 Å². The largest absolute Gasteiger partial charge is 0.481 e. The summed E-state index contributed by atoms with van der Waals surface area (Å²) in [4.78, 5) is 33.6. The predicted molar refractivity (Wildman–Crippen MR) is 81.2 cm³/mol. The Kier molecular flexibility index (Phi) is 5.33. The second kappa shape index (κ2) is 7.42. The molecular weight excluding hydrogens is 318 g/mol. The molecule has 0 bridgehead atoms. The van der Waals surface area contributed by atoms with Crippen LogP contribution in [0.3, 0.4) is 0 Å². The first-order valence-electron chi connectivity index (χ1n) is 6.96. The summed E-state index contributed by atoms with van der Waals surface area (Å²) in [6, 6.07) is 8.19. The van der Waals surface area contributed by atoms with E-state index in [0.29, 0.717) is 16.9 Å². The van der Waals surface area contributed by atoms with Crippen molar-refractivity contribution < 1.29 is 34.1 Å². The summed E-state index contributed by atoms with van der Waals surface area (Å²) >= 11 is 0. The van der Waals surface area contributed by atoms with E-state index in [0.717, 1.165) is 0 Å². The molecule has 8 nitrogen and oxygen atoms in total. The first kappa shape index (κ1) is 17.2. The van der Waals surface area contributed by atoms with Crippen molar-refractivity contribution in [3.05, 3.63) is 47.7 Å². The van der Waals surface area contributed by atoms with Gasteiger partial charge in [0.2, 0.25) is 0 Å². The standard InChI is InChI=1S/C16H15NO7/c18-8-9-2-1-3-10(6-9)12-4-5-13(24-12)15(21)17-11(16(22)23)7-14(19)20/h1-6,11,18H,7-8H2,(H,17,21)(H,19,20)(H,22,23)/t11-/m0/s1. The van der Waals surface area contributed by atoms with Crippen LogP contribution in [0.1, 0.15) is 22.5 Å². The Hall–Kier alpha value is -3.13. The van der Waals surface area contributed by atoms with E-state index in [4.69, 9.17) is 19.7 Å². The molecule has 2 rings (SSSR count). The fraction of sp³-hybridized carbons (Fsp3) is 0.188. The van der Waals surface area contributed by atoms with Crippen LogP contribution in [0.15, 0.2) is 40.8 Å². The number of carboxylic acid groups (broad SMARTS) is 2. The number of carboxylic acids is 2. The molecule has 0 aliphatic rings. The molecule has 8 heteroatoms. The van der Waals surface area contributed by atoms with Gasteiger partial charge in [0, 0.05) is 5.56 Å². The van der Waals surface area contributed by atoms with Gasteiger partial charge in [-0.3, -0.25) is 9.59 Å². The third kappa shape index (κ3) is 4.20. The van der Waals surface area contributed by atoms with Crippen LogP contribution in [0.2, 0.25) is 0 Å². The number of hydrogen-bond acceptors (Lipinski definition) is 5.